The predicted octanol–water partition coefficient (Wildman–Crippen LogP) is 8.61. The first-order valence-corrected chi connectivity index (χ1v) is 14.4. The average Bonchev–Trinajstić information content (AvgIpc) is 3.69. The number of hydrogen-bond acceptors (Lipinski definition) is 7. The highest BCUT2D eigenvalue weighted by atomic mass is 32.1. The second-order valence-corrected chi connectivity index (χ2v) is 12.0. The number of hydrogen-bond donors (Lipinski definition) is 0. The third kappa shape index (κ3) is 4.55. The molecule has 184 valence electrons. The van der Waals surface area contributed by atoms with E-state index in [4.69, 9.17) is 8.75 Å². The zero-order chi connectivity index (χ0) is 25.5. The summed E-state index contributed by atoms with van der Waals surface area (Å²) in [6.07, 6.45) is 0. The van der Waals surface area contributed by atoms with Crippen molar-refractivity contribution in [3.05, 3.63) is 84.9 Å². The number of aromatic nitrogens is 2. The first-order chi connectivity index (χ1) is 18.0. The largest absolute Gasteiger partial charge is 0.378 e. The van der Waals surface area contributed by atoms with Crippen molar-refractivity contribution in [3.8, 4) is 41.8 Å². The molecule has 6 aromatic rings. The van der Waals surface area contributed by atoms with Crippen molar-refractivity contribution in [2.45, 2.75) is 0 Å². The predicted molar refractivity (Wildman–Crippen MR) is 164 cm³/mol. The molecule has 3 aromatic heterocycles. The van der Waals surface area contributed by atoms with Crippen molar-refractivity contribution >= 4 is 56.8 Å². The van der Waals surface area contributed by atoms with E-state index in [9.17, 15) is 0 Å². The van der Waals surface area contributed by atoms with Gasteiger partial charge in [0, 0.05) is 70.2 Å². The minimum absolute atomic E-state index is 0.976. The van der Waals surface area contributed by atoms with Crippen LogP contribution in [0, 0.1) is 0 Å². The van der Waals surface area contributed by atoms with Crippen LogP contribution < -0.4 is 9.80 Å². The van der Waals surface area contributed by atoms with Crippen molar-refractivity contribution in [2.24, 2.45) is 0 Å². The van der Waals surface area contributed by atoms with Crippen LogP contribution in [0.4, 0.5) is 11.4 Å². The van der Waals surface area contributed by atoms with Crippen LogP contribution in [0.15, 0.2) is 84.9 Å². The fourth-order valence-electron chi connectivity index (χ4n) is 4.39. The van der Waals surface area contributed by atoms with Crippen LogP contribution in [0.3, 0.4) is 0 Å². The van der Waals surface area contributed by atoms with Gasteiger partial charge in [-0.05, 0) is 59.7 Å². The lowest BCUT2D eigenvalue weighted by atomic mass is 10.1. The van der Waals surface area contributed by atoms with E-state index in [-0.39, 0.29) is 0 Å². The molecule has 0 aliphatic rings. The van der Waals surface area contributed by atoms with Gasteiger partial charge in [0.15, 0.2) is 0 Å². The average molecular weight is 539 g/mol. The highest BCUT2D eigenvalue weighted by Crippen LogP contribution is 2.42. The molecule has 0 saturated carbocycles. The number of nitrogens with zero attached hydrogens (tertiary/aromatic N) is 4. The Bertz CT molecular complexity index is 1550. The van der Waals surface area contributed by atoms with Gasteiger partial charge >= 0.3 is 0 Å². The lowest BCUT2D eigenvalue weighted by molar-refractivity contribution is 1.13. The van der Waals surface area contributed by atoms with Crippen LogP contribution in [-0.2, 0) is 0 Å². The Morgan fingerprint density at radius 1 is 0.459 bits per heavy atom. The van der Waals surface area contributed by atoms with Gasteiger partial charge in [0.05, 0.1) is 11.7 Å². The Morgan fingerprint density at radius 2 is 0.838 bits per heavy atom. The van der Waals surface area contributed by atoms with E-state index in [1.54, 1.807) is 22.7 Å². The molecule has 0 amide bonds. The van der Waals surface area contributed by atoms with Gasteiger partial charge in [0.2, 0.25) is 0 Å². The van der Waals surface area contributed by atoms with Crippen LogP contribution >= 0.6 is 34.4 Å². The molecule has 0 N–H and O–H groups in total. The first-order valence-electron chi connectivity index (χ1n) is 12.0. The molecular formula is C30H26N4S3. The highest BCUT2D eigenvalue weighted by Gasteiger charge is 2.17. The molecular weight excluding hydrogens is 513 g/mol. The summed E-state index contributed by atoms with van der Waals surface area (Å²) in [6, 6.07) is 30.6. The molecule has 0 aliphatic carbocycles. The first kappa shape index (κ1) is 23.9. The number of fused-ring (bicyclic) bond motifs is 1. The summed E-state index contributed by atoms with van der Waals surface area (Å²) in [5.74, 6) is 0. The summed E-state index contributed by atoms with van der Waals surface area (Å²) in [5.41, 5.74) is 9.11. The maximum atomic E-state index is 4.72. The second kappa shape index (κ2) is 9.74. The molecule has 7 heteroatoms. The summed E-state index contributed by atoms with van der Waals surface area (Å²) in [6.45, 7) is 0. The van der Waals surface area contributed by atoms with Crippen LogP contribution in [0.25, 0.3) is 52.8 Å². The number of anilines is 2. The smallest absolute Gasteiger partial charge is 0.114 e. The van der Waals surface area contributed by atoms with Gasteiger partial charge in [-0.25, -0.2) is 0 Å². The zero-order valence-corrected chi connectivity index (χ0v) is 23.5. The van der Waals surface area contributed by atoms with Crippen molar-refractivity contribution < 1.29 is 0 Å². The van der Waals surface area contributed by atoms with Crippen molar-refractivity contribution in [2.75, 3.05) is 38.0 Å². The maximum absolute atomic E-state index is 4.72. The van der Waals surface area contributed by atoms with Gasteiger partial charge < -0.3 is 9.80 Å². The van der Waals surface area contributed by atoms with Crippen molar-refractivity contribution in [1.29, 1.82) is 0 Å². The minimum atomic E-state index is 0.976. The highest BCUT2D eigenvalue weighted by molar-refractivity contribution is 7.19. The molecule has 0 bridgehead atoms. The topological polar surface area (TPSA) is 32.3 Å². The van der Waals surface area contributed by atoms with E-state index in [1.807, 2.05) is 0 Å². The molecule has 0 atom stereocenters. The lowest BCUT2D eigenvalue weighted by Crippen LogP contribution is -2.07. The minimum Gasteiger partial charge on any atom is -0.378 e. The van der Waals surface area contributed by atoms with Gasteiger partial charge in [-0.1, -0.05) is 36.4 Å². The zero-order valence-electron chi connectivity index (χ0n) is 21.1. The summed E-state index contributed by atoms with van der Waals surface area (Å²) in [7, 11) is 8.26. The van der Waals surface area contributed by atoms with Gasteiger partial charge in [0.25, 0.3) is 0 Å². The van der Waals surface area contributed by atoms with Crippen LogP contribution in [-0.4, -0.2) is 36.9 Å². The summed E-state index contributed by atoms with van der Waals surface area (Å²) in [4.78, 5) is 9.17. The lowest BCUT2D eigenvalue weighted by Gasteiger charge is -2.12. The Labute approximate surface area is 229 Å². The van der Waals surface area contributed by atoms with E-state index in [1.165, 1.54) is 53.7 Å². The third-order valence-electron chi connectivity index (χ3n) is 6.49. The molecule has 6 rings (SSSR count). The van der Waals surface area contributed by atoms with Gasteiger partial charge in [-0.15, -0.1) is 22.7 Å². The van der Waals surface area contributed by atoms with Gasteiger partial charge in [-0.2, -0.15) is 8.75 Å². The molecule has 4 nitrogen and oxygen atoms in total. The summed E-state index contributed by atoms with van der Waals surface area (Å²) < 4.78 is 9.43. The van der Waals surface area contributed by atoms with Crippen LogP contribution in [0.2, 0.25) is 0 Å². The maximum Gasteiger partial charge on any atom is 0.114 e. The van der Waals surface area contributed by atoms with E-state index in [0.717, 1.165) is 22.2 Å². The second-order valence-electron chi connectivity index (χ2n) is 9.33. The molecule has 0 radical (unpaired) electrons. The summed E-state index contributed by atoms with van der Waals surface area (Å²) in [5, 5.41) is 0. The monoisotopic (exact) mass is 538 g/mol. The quantitative estimate of drug-likeness (QED) is 0.212. The van der Waals surface area contributed by atoms with Gasteiger partial charge in [0.1, 0.15) is 11.0 Å². The normalized spacial score (nSPS) is 11.2. The Morgan fingerprint density at radius 3 is 1.22 bits per heavy atom. The Hall–Kier alpha value is -3.52. The number of rotatable bonds is 6. The molecule has 3 aromatic carbocycles. The van der Waals surface area contributed by atoms with E-state index in [0.29, 0.717) is 0 Å². The fraction of sp³-hybridized carbons (Fsp3) is 0.133. The number of thiophene rings is 2. The summed E-state index contributed by atoms with van der Waals surface area (Å²) >= 11 is 4.89. The Kier molecular flexibility index (Phi) is 6.28. The molecule has 0 spiro atoms. The van der Waals surface area contributed by atoms with Crippen molar-refractivity contribution in [3.63, 3.8) is 0 Å². The molecule has 0 fully saturated rings. The van der Waals surface area contributed by atoms with E-state index in [2.05, 4.69) is 123 Å². The number of benzene rings is 3. The van der Waals surface area contributed by atoms with Gasteiger partial charge in [-0.3, -0.25) is 0 Å². The van der Waals surface area contributed by atoms with Crippen LogP contribution in [0.1, 0.15) is 0 Å². The Balaban J connectivity index is 1.32. The third-order valence-corrected chi connectivity index (χ3v) is 9.36. The van der Waals surface area contributed by atoms with Crippen LogP contribution in [0.5, 0.6) is 0 Å². The fourth-order valence-corrected chi connectivity index (χ4v) is 7.04. The standard InChI is InChI=1S/C30H26N4S3/c1-33(2)21-9-5-19(6-10-21)25-15-17-27(35-25)23-13-14-24(30-29(23)31-37-32-30)28-18-16-26(36-28)20-7-11-22(12-8-20)34(3)4/h5-18H,1-4H3. The molecule has 37 heavy (non-hydrogen) atoms. The molecule has 0 unspecified atom stereocenters. The molecule has 0 aliphatic heterocycles. The van der Waals surface area contributed by atoms with Crippen molar-refractivity contribution in [1.82, 2.24) is 8.75 Å². The molecule has 3 heterocycles. The van der Waals surface area contributed by atoms with E-state index < -0.39 is 0 Å². The molecule has 0 saturated heterocycles. The van der Waals surface area contributed by atoms with E-state index >= 15 is 0 Å². The SMILES string of the molecule is CN(C)c1ccc(-c2ccc(-c3ccc(-c4ccc(-c5ccc(N(C)C)cc5)s4)c4nsnc34)s2)cc1.